The van der Waals surface area contributed by atoms with Gasteiger partial charge in [0, 0.05) is 7.05 Å². The Labute approximate surface area is 48.4 Å². The number of nitrogens with zero attached hydrogens (tertiary/aromatic N) is 1. The van der Waals surface area contributed by atoms with E-state index in [1.165, 1.54) is 7.05 Å². The van der Waals surface area contributed by atoms with E-state index in [1.807, 2.05) is 0 Å². The molecule has 0 amide bonds. The number of nitrogens with two attached hydrogens (primary N) is 2. The maximum Gasteiger partial charge on any atom is 0.202 e. The molecule has 0 aromatic rings. The smallest absolute Gasteiger partial charge is 0.202 e. The molecule has 0 heterocycles. The molecule has 0 fully saturated rings. The van der Waals surface area contributed by atoms with E-state index < -0.39 is 0 Å². The SMILES string of the molecule is CN(N)C(=N)N.Cl. The molecule has 0 aliphatic rings. The Kier molecular flexibility index (Phi) is 5.14. The van der Waals surface area contributed by atoms with Crippen LogP contribution in [-0.2, 0) is 0 Å². The summed E-state index contributed by atoms with van der Waals surface area (Å²) in [5.74, 6) is 4.79. The molecule has 5 heteroatoms. The van der Waals surface area contributed by atoms with Crippen molar-refractivity contribution in [3.63, 3.8) is 0 Å². The molecule has 0 atom stereocenters. The lowest BCUT2D eigenvalue weighted by Gasteiger charge is -2.05. The van der Waals surface area contributed by atoms with E-state index in [0.717, 1.165) is 5.01 Å². The minimum Gasteiger partial charge on any atom is -0.369 e. The van der Waals surface area contributed by atoms with Gasteiger partial charge in [-0.15, -0.1) is 12.4 Å². The lowest BCUT2D eigenvalue weighted by atomic mass is 11.0. The van der Waals surface area contributed by atoms with Gasteiger partial charge in [-0.3, -0.25) is 10.4 Å². The molecule has 0 spiro atoms. The van der Waals surface area contributed by atoms with Crippen LogP contribution in [0.4, 0.5) is 0 Å². The average Bonchev–Trinajstić information content (AvgIpc) is 1.36. The molecule has 0 aromatic carbocycles. The van der Waals surface area contributed by atoms with Gasteiger partial charge in [-0.05, 0) is 0 Å². The highest BCUT2D eigenvalue weighted by Gasteiger charge is 1.83. The molecule has 0 radical (unpaired) electrons. The Morgan fingerprint density at radius 3 is 1.86 bits per heavy atom. The minimum atomic E-state index is -0.130. The van der Waals surface area contributed by atoms with Gasteiger partial charge in [0.25, 0.3) is 0 Å². The second-order valence-electron chi connectivity index (χ2n) is 0.996. The molecule has 4 nitrogen and oxygen atoms in total. The third-order valence-corrected chi connectivity index (χ3v) is 0.380. The summed E-state index contributed by atoms with van der Waals surface area (Å²) in [5, 5.41) is 7.56. The van der Waals surface area contributed by atoms with E-state index >= 15 is 0 Å². The fourth-order valence-corrected chi connectivity index (χ4v) is 0. The minimum absolute atomic E-state index is 0. The van der Waals surface area contributed by atoms with E-state index in [-0.39, 0.29) is 18.4 Å². The number of guanidine groups is 1. The Bertz CT molecular complexity index is 60.7. The third-order valence-electron chi connectivity index (χ3n) is 0.380. The van der Waals surface area contributed by atoms with Crippen LogP contribution in [0.5, 0.6) is 0 Å². The largest absolute Gasteiger partial charge is 0.369 e. The molecule has 44 valence electrons. The lowest BCUT2D eigenvalue weighted by molar-refractivity contribution is 0.528. The standard InChI is InChI=1S/C2H8N4.ClH/c1-6(5)2(3)4;/h5H2,1H3,(H3,3,4);1H. The van der Waals surface area contributed by atoms with E-state index in [1.54, 1.807) is 0 Å². The van der Waals surface area contributed by atoms with Crippen LogP contribution in [0, 0.1) is 5.41 Å². The van der Waals surface area contributed by atoms with Gasteiger partial charge in [0.1, 0.15) is 0 Å². The molecule has 0 rings (SSSR count). The molecule has 0 saturated heterocycles. The van der Waals surface area contributed by atoms with Crippen molar-refractivity contribution < 1.29 is 0 Å². The van der Waals surface area contributed by atoms with E-state index in [2.05, 4.69) is 0 Å². The zero-order chi connectivity index (χ0) is 5.15. The number of rotatable bonds is 0. The fraction of sp³-hybridized carbons (Fsp3) is 0.500. The van der Waals surface area contributed by atoms with Crippen LogP contribution in [0.1, 0.15) is 0 Å². The summed E-state index contributed by atoms with van der Waals surface area (Å²) in [6.07, 6.45) is 0. The molecular weight excluding hydrogens is 116 g/mol. The van der Waals surface area contributed by atoms with Gasteiger partial charge in [0.05, 0.1) is 0 Å². The number of hydrazine groups is 1. The number of hydrogen-bond donors (Lipinski definition) is 3. The van der Waals surface area contributed by atoms with Crippen LogP contribution in [0.15, 0.2) is 0 Å². The second-order valence-corrected chi connectivity index (χ2v) is 0.996. The van der Waals surface area contributed by atoms with Gasteiger partial charge in [-0.2, -0.15) is 0 Å². The topological polar surface area (TPSA) is 79.1 Å². The zero-order valence-electron chi connectivity index (χ0n) is 4.01. The predicted octanol–water partition coefficient (Wildman–Crippen LogP) is -0.893. The van der Waals surface area contributed by atoms with Gasteiger partial charge < -0.3 is 5.73 Å². The first-order chi connectivity index (χ1) is 2.64. The van der Waals surface area contributed by atoms with Gasteiger partial charge in [0.15, 0.2) is 0 Å². The molecule has 0 aliphatic heterocycles. The molecule has 7 heavy (non-hydrogen) atoms. The summed E-state index contributed by atoms with van der Waals surface area (Å²) >= 11 is 0. The van der Waals surface area contributed by atoms with Crippen molar-refractivity contribution in [2.24, 2.45) is 11.6 Å². The highest BCUT2D eigenvalue weighted by molar-refractivity contribution is 5.85. The van der Waals surface area contributed by atoms with Gasteiger partial charge >= 0.3 is 0 Å². The molecule has 5 N–H and O–H groups in total. The second kappa shape index (κ2) is 3.70. The quantitative estimate of drug-likeness (QED) is 0.170. The van der Waals surface area contributed by atoms with Crippen LogP contribution < -0.4 is 11.6 Å². The summed E-state index contributed by atoms with van der Waals surface area (Å²) in [4.78, 5) is 0. The Balaban J connectivity index is 0. The van der Waals surface area contributed by atoms with Crippen molar-refractivity contribution in [1.82, 2.24) is 5.01 Å². The van der Waals surface area contributed by atoms with E-state index in [0.29, 0.717) is 0 Å². The van der Waals surface area contributed by atoms with Gasteiger partial charge in [-0.1, -0.05) is 0 Å². The summed E-state index contributed by atoms with van der Waals surface area (Å²) < 4.78 is 0. The van der Waals surface area contributed by atoms with Crippen molar-refractivity contribution >= 4 is 18.4 Å². The van der Waals surface area contributed by atoms with Crippen molar-refractivity contribution in [1.29, 1.82) is 5.41 Å². The number of nitrogens with one attached hydrogen (secondary N) is 1. The number of hydrogen-bond acceptors (Lipinski definition) is 2. The molecular formula is C2H9ClN4. The van der Waals surface area contributed by atoms with Crippen LogP contribution in [0.2, 0.25) is 0 Å². The van der Waals surface area contributed by atoms with Crippen LogP contribution in [-0.4, -0.2) is 18.0 Å². The molecule has 0 aliphatic carbocycles. The van der Waals surface area contributed by atoms with Crippen molar-refractivity contribution in [2.45, 2.75) is 0 Å². The van der Waals surface area contributed by atoms with Crippen molar-refractivity contribution in [2.75, 3.05) is 7.05 Å². The average molecular weight is 125 g/mol. The summed E-state index contributed by atoms with van der Waals surface area (Å²) in [5.41, 5.74) is 4.82. The molecule has 0 saturated carbocycles. The van der Waals surface area contributed by atoms with E-state index in [9.17, 15) is 0 Å². The van der Waals surface area contributed by atoms with Crippen molar-refractivity contribution in [3.8, 4) is 0 Å². The third kappa shape index (κ3) is 5.52. The highest BCUT2D eigenvalue weighted by atomic mass is 35.5. The first-order valence-electron chi connectivity index (χ1n) is 1.47. The monoisotopic (exact) mass is 124 g/mol. The molecule has 0 bridgehead atoms. The number of halogens is 1. The highest BCUT2D eigenvalue weighted by Crippen LogP contribution is 1.55. The first-order valence-corrected chi connectivity index (χ1v) is 1.47. The van der Waals surface area contributed by atoms with Crippen molar-refractivity contribution in [3.05, 3.63) is 0 Å². The van der Waals surface area contributed by atoms with Crippen LogP contribution in [0.3, 0.4) is 0 Å². The summed E-state index contributed by atoms with van der Waals surface area (Å²) in [6, 6.07) is 0. The predicted molar refractivity (Wildman–Crippen MR) is 31.1 cm³/mol. The van der Waals surface area contributed by atoms with Crippen LogP contribution >= 0.6 is 12.4 Å². The maximum absolute atomic E-state index is 6.53. The summed E-state index contributed by atoms with van der Waals surface area (Å²) in [7, 11) is 1.50. The summed E-state index contributed by atoms with van der Waals surface area (Å²) in [6.45, 7) is 0. The normalized spacial score (nSPS) is 6.57. The molecule has 0 aromatic heterocycles. The zero-order valence-corrected chi connectivity index (χ0v) is 4.83. The van der Waals surface area contributed by atoms with E-state index in [4.69, 9.17) is 17.0 Å². The fourth-order valence-electron chi connectivity index (χ4n) is 0. The Morgan fingerprint density at radius 2 is 1.86 bits per heavy atom. The van der Waals surface area contributed by atoms with Gasteiger partial charge in [-0.25, -0.2) is 5.84 Å². The lowest BCUT2D eigenvalue weighted by Crippen LogP contribution is -2.38. The Morgan fingerprint density at radius 1 is 1.71 bits per heavy atom. The van der Waals surface area contributed by atoms with Gasteiger partial charge in [0.2, 0.25) is 5.96 Å². The maximum atomic E-state index is 6.53. The Hall–Kier alpha value is -0.480. The molecule has 0 unspecified atom stereocenters. The first kappa shape index (κ1) is 9.72. The van der Waals surface area contributed by atoms with Crippen LogP contribution in [0.25, 0.3) is 0 Å².